The largest absolute Gasteiger partial charge is 0.317 e. The summed E-state index contributed by atoms with van der Waals surface area (Å²) >= 11 is 2.22. The molecule has 1 saturated heterocycles. The smallest absolute Gasteiger partial charge is 0.0732 e. The van der Waals surface area contributed by atoms with Crippen LogP contribution in [0.3, 0.4) is 0 Å². The van der Waals surface area contributed by atoms with Crippen LogP contribution < -0.4 is 5.32 Å². The highest BCUT2D eigenvalue weighted by Gasteiger charge is 2.36. The molecular formula is C12H24INOS. The third-order valence-corrected chi connectivity index (χ3v) is 4.80. The van der Waals surface area contributed by atoms with E-state index in [0.29, 0.717) is 11.5 Å². The molecule has 1 heterocycles. The van der Waals surface area contributed by atoms with Crippen LogP contribution in [0.15, 0.2) is 0 Å². The number of rotatable bonds is 2. The summed E-state index contributed by atoms with van der Waals surface area (Å²) in [4.78, 5) is 0. The molecule has 0 radical (unpaired) electrons. The van der Waals surface area contributed by atoms with E-state index >= 15 is 0 Å². The van der Waals surface area contributed by atoms with E-state index in [1.165, 1.54) is 60.8 Å². The lowest BCUT2D eigenvalue weighted by Crippen LogP contribution is -2.40. The van der Waals surface area contributed by atoms with Gasteiger partial charge in [0, 0.05) is 21.2 Å². The molecule has 16 heavy (non-hydrogen) atoms. The number of hydrogen-bond acceptors (Lipinski definition) is 3. The molecule has 2 fully saturated rings. The van der Waals surface area contributed by atoms with Gasteiger partial charge in [-0.3, -0.25) is 0 Å². The first kappa shape index (κ1) is 15.1. The van der Waals surface area contributed by atoms with Gasteiger partial charge in [0.15, 0.2) is 0 Å². The molecule has 0 atom stereocenters. The zero-order valence-electron chi connectivity index (χ0n) is 10.4. The van der Waals surface area contributed by atoms with Crippen molar-refractivity contribution in [1.29, 1.82) is 0 Å². The highest BCUT2D eigenvalue weighted by atomic mass is 127. The molecule has 2 nitrogen and oxygen atoms in total. The average molecular weight is 357 g/mol. The van der Waals surface area contributed by atoms with Gasteiger partial charge in [-0.05, 0) is 57.0 Å². The molecular weight excluding hydrogens is 333 g/mol. The van der Waals surface area contributed by atoms with Crippen LogP contribution in [0.5, 0.6) is 0 Å². The van der Waals surface area contributed by atoms with E-state index in [1.807, 2.05) is 13.8 Å². The van der Waals surface area contributed by atoms with Gasteiger partial charge in [-0.25, -0.2) is 0 Å². The minimum atomic E-state index is 0.525. The predicted molar refractivity (Wildman–Crippen MR) is 80.8 cm³/mol. The van der Waals surface area contributed by atoms with Crippen LogP contribution in [0.2, 0.25) is 0 Å². The lowest BCUT2D eigenvalue weighted by atomic mass is 9.68. The number of hydrogen-bond donors (Lipinski definition) is 1. The Morgan fingerprint density at radius 3 is 2.19 bits per heavy atom. The van der Waals surface area contributed by atoms with E-state index < -0.39 is 0 Å². The molecule has 0 aromatic heterocycles. The molecule has 0 bridgehead atoms. The fourth-order valence-corrected chi connectivity index (χ4v) is 3.98. The molecule has 4 heteroatoms. The molecule has 0 unspecified atom stereocenters. The summed E-state index contributed by atoms with van der Waals surface area (Å²) in [5, 5.41) is 3.46. The van der Waals surface area contributed by atoms with Crippen molar-refractivity contribution in [3.63, 3.8) is 0 Å². The monoisotopic (exact) mass is 357 g/mol. The van der Waals surface area contributed by atoms with Crippen LogP contribution in [0.4, 0.5) is 0 Å². The zero-order chi connectivity index (χ0) is 11.9. The summed E-state index contributed by atoms with van der Waals surface area (Å²) in [5.74, 6) is 0. The molecule has 2 rings (SSSR count). The lowest BCUT2D eigenvalue weighted by molar-refractivity contribution is 0.0687. The minimum Gasteiger partial charge on any atom is -0.317 e. The summed E-state index contributed by atoms with van der Waals surface area (Å²) < 4.78 is 5.60. The van der Waals surface area contributed by atoms with Gasteiger partial charge in [0.2, 0.25) is 0 Å². The first-order chi connectivity index (χ1) is 7.85. The summed E-state index contributed by atoms with van der Waals surface area (Å²) in [5.41, 5.74) is 0.682. The summed E-state index contributed by atoms with van der Waals surface area (Å²) in [6.07, 6.45) is 8.62. The van der Waals surface area contributed by atoms with E-state index in [9.17, 15) is 0 Å². The Hall–Kier alpha value is 1.00. The van der Waals surface area contributed by atoms with Gasteiger partial charge in [-0.1, -0.05) is 13.8 Å². The van der Waals surface area contributed by atoms with E-state index in [0.717, 1.165) is 0 Å². The van der Waals surface area contributed by atoms with Gasteiger partial charge in [0.25, 0.3) is 0 Å². The van der Waals surface area contributed by atoms with Crippen LogP contribution in [0, 0.1) is 5.41 Å². The SMILES string of the molecule is CC.ISOC1CCC2(CCNCC2)CC1. The van der Waals surface area contributed by atoms with E-state index in [1.54, 1.807) is 0 Å². The Morgan fingerprint density at radius 2 is 1.69 bits per heavy atom. The molecule has 0 aromatic carbocycles. The second-order valence-electron chi connectivity index (χ2n) is 4.61. The van der Waals surface area contributed by atoms with Crippen LogP contribution in [0.1, 0.15) is 52.4 Å². The van der Waals surface area contributed by atoms with Crippen molar-refractivity contribution in [1.82, 2.24) is 5.32 Å². The normalized spacial score (nSPS) is 24.9. The second-order valence-corrected chi connectivity index (χ2v) is 6.01. The Balaban J connectivity index is 0.000000606. The standard InChI is InChI=1S/C10H18INOS.C2H6/c11-14-13-9-1-3-10(4-2-9)5-7-12-8-6-10;1-2/h9,12H,1-8H2;1-2H3. The van der Waals surface area contributed by atoms with Gasteiger partial charge in [-0.2, -0.15) is 0 Å². The van der Waals surface area contributed by atoms with E-state index in [4.69, 9.17) is 4.18 Å². The highest BCUT2D eigenvalue weighted by molar-refractivity contribution is 14.2. The Labute approximate surface area is 116 Å². The maximum absolute atomic E-state index is 5.60. The predicted octanol–water partition coefficient (Wildman–Crippen LogP) is 4.34. The Bertz CT molecular complexity index is 176. The zero-order valence-corrected chi connectivity index (χ0v) is 13.4. The van der Waals surface area contributed by atoms with Crippen molar-refractivity contribution in [2.45, 2.75) is 58.5 Å². The highest BCUT2D eigenvalue weighted by Crippen LogP contribution is 2.44. The molecule has 2 aliphatic rings. The summed E-state index contributed by atoms with van der Waals surface area (Å²) in [7, 11) is 1.50. The quantitative estimate of drug-likeness (QED) is 0.587. The van der Waals surface area contributed by atoms with Crippen molar-refractivity contribution < 1.29 is 4.18 Å². The lowest BCUT2D eigenvalue weighted by Gasteiger charge is -2.42. The average Bonchev–Trinajstić information content (AvgIpc) is 2.36. The third kappa shape index (κ3) is 4.35. The summed E-state index contributed by atoms with van der Waals surface area (Å²) in [6, 6.07) is 0. The topological polar surface area (TPSA) is 21.3 Å². The van der Waals surface area contributed by atoms with Crippen LogP contribution in [-0.2, 0) is 4.18 Å². The minimum absolute atomic E-state index is 0.525. The van der Waals surface area contributed by atoms with Crippen molar-refractivity contribution in [3.05, 3.63) is 0 Å². The van der Waals surface area contributed by atoms with Gasteiger partial charge < -0.3 is 9.50 Å². The van der Waals surface area contributed by atoms with Gasteiger partial charge in [-0.15, -0.1) is 0 Å². The molecule has 1 N–H and O–H groups in total. The van der Waals surface area contributed by atoms with Crippen molar-refractivity contribution >= 4 is 30.4 Å². The maximum Gasteiger partial charge on any atom is 0.0732 e. The molecule has 0 aromatic rings. The Kier molecular flexibility index (Phi) is 7.68. The molecule has 1 aliphatic carbocycles. The summed E-state index contributed by atoms with van der Waals surface area (Å²) in [6.45, 7) is 6.46. The Morgan fingerprint density at radius 1 is 1.12 bits per heavy atom. The molecule has 1 saturated carbocycles. The van der Waals surface area contributed by atoms with Gasteiger partial charge >= 0.3 is 0 Å². The van der Waals surface area contributed by atoms with Crippen LogP contribution in [0.25, 0.3) is 0 Å². The van der Waals surface area contributed by atoms with Crippen molar-refractivity contribution in [3.8, 4) is 0 Å². The number of piperidine rings is 1. The number of nitrogens with one attached hydrogen (secondary N) is 1. The fourth-order valence-electron chi connectivity index (χ4n) is 2.81. The number of halogens is 1. The van der Waals surface area contributed by atoms with E-state index in [-0.39, 0.29) is 0 Å². The molecule has 1 spiro atoms. The first-order valence-corrected chi connectivity index (χ1v) is 9.78. The van der Waals surface area contributed by atoms with E-state index in [2.05, 4.69) is 26.5 Å². The second kappa shape index (κ2) is 8.16. The first-order valence-electron chi connectivity index (χ1n) is 6.49. The van der Waals surface area contributed by atoms with Crippen LogP contribution >= 0.6 is 30.4 Å². The molecule has 96 valence electrons. The maximum atomic E-state index is 5.60. The fraction of sp³-hybridized carbons (Fsp3) is 1.00. The van der Waals surface area contributed by atoms with Crippen molar-refractivity contribution in [2.75, 3.05) is 13.1 Å². The molecule has 1 aliphatic heterocycles. The van der Waals surface area contributed by atoms with Crippen molar-refractivity contribution in [2.24, 2.45) is 5.41 Å². The third-order valence-electron chi connectivity index (χ3n) is 3.83. The van der Waals surface area contributed by atoms with Gasteiger partial charge in [0.1, 0.15) is 0 Å². The molecule has 0 amide bonds. The van der Waals surface area contributed by atoms with Gasteiger partial charge in [0.05, 0.1) is 15.3 Å². The van der Waals surface area contributed by atoms with Crippen LogP contribution in [-0.4, -0.2) is 19.2 Å².